The predicted octanol–water partition coefficient (Wildman–Crippen LogP) is 7.73. The summed E-state index contributed by atoms with van der Waals surface area (Å²) in [6.07, 6.45) is -2.45. The number of esters is 1. The van der Waals surface area contributed by atoms with Crippen molar-refractivity contribution < 1.29 is 31.8 Å². The number of methoxy groups -OCH3 is 1. The number of carbonyl (C=O) groups excluding carboxylic acids is 1. The van der Waals surface area contributed by atoms with E-state index in [9.17, 15) is 22.4 Å². The molecule has 38 heavy (non-hydrogen) atoms. The van der Waals surface area contributed by atoms with Crippen LogP contribution in [0.1, 0.15) is 60.9 Å². The van der Waals surface area contributed by atoms with Gasteiger partial charge in [-0.1, -0.05) is 31.2 Å². The van der Waals surface area contributed by atoms with Crippen molar-refractivity contribution in [2.75, 3.05) is 20.2 Å². The van der Waals surface area contributed by atoms with E-state index in [0.717, 1.165) is 49.2 Å². The average molecular weight is 530 g/mol. The number of piperidine rings is 1. The summed E-state index contributed by atoms with van der Waals surface area (Å²) >= 11 is 0. The Bertz CT molecular complexity index is 1230. The normalized spacial score (nSPS) is 16.6. The molecule has 202 valence electrons. The number of ether oxygens (including phenoxy) is 2. The van der Waals surface area contributed by atoms with Gasteiger partial charge in [0.15, 0.2) is 0 Å². The van der Waals surface area contributed by atoms with E-state index in [0.29, 0.717) is 17.2 Å². The molecule has 8 heteroatoms. The fourth-order valence-electron chi connectivity index (χ4n) is 4.81. The highest BCUT2D eigenvalue weighted by Gasteiger charge is 2.31. The van der Waals surface area contributed by atoms with Crippen LogP contribution in [-0.2, 0) is 15.7 Å². The minimum absolute atomic E-state index is 0.229. The van der Waals surface area contributed by atoms with Crippen molar-refractivity contribution in [3.8, 4) is 11.5 Å². The Morgan fingerprint density at radius 2 is 1.55 bits per heavy atom. The Balaban J connectivity index is 1.80. The molecule has 4 rings (SSSR count). The van der Waals surface area contributed by atoms with Gasteiger partial charge in [-0.15, -0.1) is 0 Å². The van der Waals surface area contributed by atoms with E-state index in [1.165, 1.54) is 31.4 Å². The summed E-state index contributed by atoms with van der Waals surface area (Å²) in [6, 6.07) is 16.0. The van der Waals surface area contributed by atoms with Crippen LogP contribution < -0.4 is 4.74 Å². The molecule has 0 saturated carbocycles. The van der Waals surface area contributed by atoms with Crippen LogP contribution in [0.2, 0.25) is 0 Å². The highest BCUT2D eigenvalue weighted by Crippen LogP contribution is 2.41. The Hall–Kier alpha value is -3.39. The van der Waals surface area contributed by atoms with Gasteiger partial charge in [-0.3, -0.25) is 9.69 Å². The lowest BCUT2D eigenvalue weighted by Gasteiger charge is -2.38. The van der Waals surface area contributed by atoms with Crippen LogP contribution in [0, 0.1) is 11.7 Å². The molecular formula is C30H31F4NO3. The Kier molecular flexibility index (Phi) is 8.41. The molecule has 0 bridgehead atoms. The lowest BCUT2D eigenvalue weighted by Crippen LogP contribution is -2.37. The number of carbonyl (C=O) groups is 1. The molecule has 1 aliphatic heterocycles. The van der Waals surface area contributed by atoms with Gasteiger partial charge in [0.2, 0.25) is 0 Å². The predicted molar refractivity (Wildman–Crippen MR) is 137 cm³/mol. The number of halogens is 4. The van der Waals surface area contributed by atoms with Crippen molar-refractivity contribution in [3.05, 3.63) is 94.8 Å². The summed E-state index contributed by atoms with van der Waals surface area (Å²) in [5, 5.41) is 0. The van der Waals surface area contributed by atoms with E-state index in [1.54, 1.807) is 25.1 Å². The number of rotatable bonds is 7. The Morgan fingerprint density at radius 1 is 0.947 bits per heavy atom. The maximum atomic E-state index is 13.8. The summed E-state index contributed by atoms with van der Waals surface area (Å²) in [4.78, 5) is 14.6. The molecule has 2 atom stereocenters. The third-order valence-corrected chi connectivity index (χ3v) is 7.17. The number of alkyl halides is 3. The monoisotopic (exact) mass is 529 g/mol. The molecule has 0 amide bonds. The Labute approximate surface area is 220 Å². The van der Waals surface area contributed by atoms with E-state index in [4.69, 9.17) is 9.47 Å². The molecule has 1 heterocycles. The molecule has 0 spiro atoms. The minimum Gasteiger partial charge on any atom is -0.469 e. The van der Waals surface area contributed by atoms with Gasteiger partial charge in [0.05, 0.1) is 24.6 Å². The SMILES string of the molecule is COC(=O)C(C)c1ccc(C(c2ccc(F)cc2)N2CCC(C)CC2)c(Oc2ccc(C(F)(F)F)cc2)c1. The summed E-state index contributed by atoms with van der Waals surface area (Å²) < 4.78 is 64.2. The average Bonchev–Trinajstić information content (AvgIpc) is 2.90. The lowest BCUT2D eigenvalue weighted by atomic mass is 9.90. The van der Waals surface area contributed by atoms with E-state index >= 15 is 0 Å². The molecule has 1 fully saturated rings. The van der Waals surface area contributed by atoms with Crippen LogP contribution in [0.3, 0.4) is 0 Å². The van der Waals surface area contributed by atoms with E-state index < -0.39 is 23.6 Å². The molecule has 1 aliphatic rings. The van der Waals surface area contributed by atoms with Gasteiger partial charge < -0.3 is 9.47 Å². The topological polar surface area (TPSA) is 38.8 Å². The van der Waals surface area contributed by atoms with Crippen LogP contribution in [0.4, 0.5) is 17.6 Å². The zero-order valence-electron chi connectivity index (χ0n) is 21.6. The third-order valence-electron chi connectivity index (χ3n) is 7.17. The molecule has 0 aromatic heterocycles. The van der Waals surface area contributed by atoms with E-state index in [-0.39, 0.29) is 17.6 Å². The molecule has 0 aliphatic carbocycles. The van der Waals surface area contributed by atoms with Gasteiger partial charge in [-0.2, -0.15) is 13.2 Å². The lowest BCUT2D eigenvalue weighted by molar-refractivity contribution is -0.142. The molecule has 1 saturated heterocycles. The van der Waals surface area contributed by atoms with Crippen LogP contribution >= 0.6 is 0 Å². The van der Waals surface area contributed by atoms with E-state index in [1.807, 2.05) is 12.1 Å². The number of hydrogen-bond acceptors (Lipinski definition) is 4. The molecule has 0 N–H and O–H groups in total. The molecular weight excluding hydrogens is 498 g/mol. The summed E-state index contributed by atoms with van der Waals surface area (Å²) in [5.41, 5.74) is 1.51. The van der Waals surface area contributed by atoms with Crippen molar-refractivity contribution in [2.24, 2.45) is 5.92 Å². The number of likely N-dealkylation sites (tertiary alicyclic amines) is 1. The molecule has 0 radical (unpaired) electrons. The van der Waals surface area contributed by atoms with Crippen LogP contribution in [0.15, 0.2) is 66.7 Å². The van der Waals surface area contributed by atoms with Crippen molar-refractivity contribution >= 4 is 5.97 Å². The van der Waals surface area contributed by atoms with Crippen molar-refractivity contribution in [1.82, 2.24) is 4.90 Å². The van der Waals surface area contributed by atoms with E-state index in [2.05, 4.69) is 11.8 Å². The molecule has 2 unspecified atom stereocenters. The van der Waals surface area contributed by atoms with Crippen molar-refractivity contribution in [2.45, 2.75) is 44.8 Å². The fraction of sp³-hybridized carbons (Fsp3) is 0.367. The van der Waals surface area contributed by atoms with Gasteiger partial charge in [-0.05, 0) is 92.4 Å². The fourth-order valence-corrected chi connectivity index (χ4v) is 4.81. The van der Waals surface area contributed by atoms with Gasteiger partial charge in [0, 0.05) is 5.56 Å². The summed E-state index contributed by atoms with van der Waals surface area (Å²) in [7, 11) is 1.31. The summed E-state index contributed by atoms with van der Waals surface area (Å²) in [6.45, 7) is 5.57. The minimum atomic E-state index is -4.46. The quantitative estimate of drug-likeness (QED) is 0.232. The maximum Gasteiger partial charge on any atom is 0.416 e. The Morgan fingerprint density at radius 3 is 2.13 bits per heavy atom. The largest absolute Gasteiger partial charge is 0.469 e. The highest BCUT2D eigenvalue weighted by atomic mass is 19.4. The van der Waals surface area contributed by atoms with Gasteiger partial charge in [-0.25, -0.2) is 4.39 Å². The number of nitrogens with zero attached hydrogens (tertiary/aromatic N) is 1. The standard InChI is InChI=1S/C30H31F4NO3/c1-19-14-16-35(17-15-19)28(21-4-9-24(31)10-5-21)26-13-6-22(20(2)29(36)37-3)18-27(26)38-25-11-7-23(8-12-25)30(32,33)34/h4-13,18-20,28H,14-17H2,1-3H3. The second-order valence-electron chi connectivity index (χ2n) is 9.84. The van der Waals surface area contributed by atoms with Gasteiger partial charge in [0.1, 0.15) is 17.3 Å². The first kappa shape index (κ1) is 27.6. The van der Waals surface area contributed by atoms with Crippen LogP contribution in [-0.4, -0.2) is 31.1 Å². The third kappa shape index (κ3) is 6.35. The first-order chi connectivity index (χ1) is 18.1. The molecule has 4 nitrogen and oxygen atoms in total. The molecule has 3 aromatic rings. The van der Waals surface area contributed by atoms with Crippen LogP contribution in [0.25, 0.3) is 0 Å². The molecule has 3 aromatic carbocycles. The zero-order valence-corrected chi connectivity index (χ0v) is 21.6. The highest BCUT2D eigenvalue weighted by molar-refractivity contribution is 5.77. The number of hydrogen-bond donors (Lipinski definition) is 0. The van der Waals surface area contributed by atoms with Crippen molar-refractivity contribution in [1.29, 1.82) is 0 Å². The number of benzene rings is 3. The van der Waals surface area contributed by atoms with Gasteiger partial charge >= 0.3 is 12.1 Å². The second kappa shape index (κ2) is 11.6. The smallest absolute Gasteiger partial charge is 0.416 e. The first-order valence-corrected chi connectivity index (χ1v) is 12.6. The summed E-state index contributed by atoms with van der Waals surface area (Å²) in [5.74, 6) is -0.116. The van der Waals surface area contributed by atoms with Gasteiger partial charge in [0.25, 0.3) is 0 Å². The second-order valence-corrected chi connectivity index (χ2v) is 9.84. The maximum absolute atomic E-state index is 13.8. The van der Waals surface area contributed by atoms with Crippen LogP contribution in [0.5, 0.6) is 11.5 Å². The zero-order chi connectivity index (χ0) is 27.4. The first-order valence-electron chi connectivity index (χ1n) is 12.6. The van der Waals surface area contributed by atoms with Crippen molar-refractivity contribution in [3.63, 3.8) is 0 Å².